The van der Waals surface area contributed by atoms with Crippen molar-refractivity contribution in [1.29, 1.82) is 0 Å². The maximum Gasteiger partial charge on any atom is 1.00 e. The van der Waals surface area contributed by atoms with E-state index in [1.165, 1.54) is 0 Å². The zero-order valence-electron chi connectivity index (χ0n) is 15.0. The van der Waals surface area contributed by atoms with Crippen LogP contribution in [0, 0.1) is 0 Å². The molecule has 3 nitrogen and oxygen atoms in total. The van der Waals surface area contributed by atoms with Gasteiger partial charge < -0.3 is 9.90 Å². The molecule has 0 aliphatic carbocycles. The molecule has 132 valence electrons. The van der Waals surface area contributed by atoms with E-state index in [1.54, 1.807) is 11.8 Å². The predicted molar refractivity (Wildman–Crippen MR) is 110 cm³/mol. The maximum absolute atomic E-state index is 10.4. The number of hydrogen-bond donors (Lipinski definition) is 0. The quantitative estimate of drug-likeness (QED) is 0.313. The number of aliphatic carboxylic acids is 1. The normalized spacial score (nSPS) is 10.9. The number of nitrogens with zero attached hydrogens (tertiary/aromatic N) is 1. The Bertz CT molecular complexity index is 962. The van der Waals surface area contributed by atoms with E-state index >= 15 is 0 Å². The summed E-state index contributed by atoms with van der Waals surface area (Å²) in [5, 5.41) is 11.6. The Hall–Kier alpha value is -1.11. The maximum atomic E-state index is 10.4. The van der Waals surface area contributed by atoms with E-state index in [2.05, 4.69) is 33.0 Å². The first-order chi connectivity index (χ1) is 12.6. The first-order valence-electron chi connectivity index (χ1n) is 8.27. The van der Waals surface area contributed by atoms with Crippen LogP contribution in [0.15, 0.2) is 64.0 Å². The van der Waals surface area contributed by atoms with Crippen molar-refractivity contribution in [3.63, 3.8) is 0 Å². The molecule has 0 aliphatic heterocycles. The summed E-state index contributed by atoms with van der Waals surface area (Å²) in [6.07, 6.45) is 4.76. The number of halogens is 1. The molecule has 0 unspecified atom stereocenters. The number of rotatable bonds is 7. The molecule has 0 amide bonds. The molecule has 3 aromatic rings. The first-order valence-corrected chi connectivity index (χ1v) is 10.1. The number of thioether (sulfide) groups is 1. The minimum Gasteiger partial charge on any atom is -0.550 e. The number of carbonyl (C=O) groups excluding carboxylic acids is 1. The van der Waals surface area contributed by atoms with Crippen molar-refractivity contribution in [3.05, 3.63) is 70.3 Å². The van der Waals surface area contributed by atoms with E-state index in [1.807, 2.05) is 54.6 Å². The number of carboxylic acid groups (broad SMARTS) is 1. The Morgan fingerprint density at radius 3 is 2.74 bits per heavy atom. The van der Waals surface area contributed by atoms with Crippen molar-refractivity contribution < 1.29 is 39.5 Å². The summed E-state index contributed by atoms with van der Waals surface area (Å²) in [6.45, 7) is 0. The van der Waals surface area contributed by atoms with Gasteiger partial charge in [0.25, 0.3) is 0 Å². The third kappa shape index (κ3) is 7.09. The average Bonchev–Trinajstić information content (AvgIpc) is 2.63. The van der Waals surface area contributed by atoms with Gasteiger partial charge in [0.2, 0.25) is 0 Å². The summed E-state index contributed by atoms with van der Waals surface area (Å²) in [7, 11) is 0. The molecule has 0 atom stereocenters. The number of aromatic nitrogens is 1. The van der Waals surface area contributed by atoms with Crippen molar-refractivity contribution in [2.24, 2.45) is 0 Å². The summed E-state index contributed by atoms with van der Waals surface area (Å²) < 4.78 is 1.02. The van der Waals surface area contributed by atoms with Gasteiger partial charge >= 0.3 is 29.6 Å². The molecule has 0 N–H and O–H groups in total. The molecular formula is C21H17BrNNaO2S. The smallest absolute Gasteiger partial charge is 0.550 e. The SMILES string of the molecule is O=C([O-])CCCSc1cccc(C=Cc2ccc3ccc(Br)cc3n2)c1.[Na+]. The number of hydrogen-bond acceptors (Lipinski definition) is 4. The fraction of sp³-hybridized carbons (Fsp3) is 0.143. The largest absolute Gasteiger partial charge is 1.00 e. The van der Waals surface area contributed by atoms with Gasteiger partial charge in [-0.1, -0.05) is 46.3 Å². The molecule has 6 heteroatoms. The number of carbonyl (C=O) groups is 1. The molecule has 27 heavy (non-hydrogen) atoms. The molecule has 0 spiro atoms. The van der Waals surface area contributed by atoms with Crippen molar-refractivity contribution in [2.45, 2.75) is 17.7 Å². The topological polar surface area (TPSA) is 53.0 Å². The Morgan fingerprint density at radius 1 is 1.11 bits per heavy atom. The van der Waals surface area contributed by atoms with Gasteiger partial charge in [-0.2, -0.15) is 0 Å². The fourth-order valence-corrected chi connectivity index (χ4v) is 3.76. The van der Waals surface area contributed by atoms with Gasteiger partial charge in [-0.05, 0) is 60.6 Å². The second-order valence-electron chi connectivity index (χ2n) is 5.80. The Kier molecular flexibility index (Phi) is 9.06. The van der Waals surface area contributed by atoms with Crippen LogP contribution in [0.2, 0.25) is 0 Å². The molecular weight excluding hydrogens is 433 g/mol. The van der Waals surface area contributed by atoms with Gasteiger partial charge in [-0.25, -0.2) is 4.98 Å². The number of carboxylic acids is 1. The van der Waals surface area contributed by atoms with E-state index < -0.39 is 5.97 Å². The molecule has 0 saturated carbocycles. The van der Waals surface area contributed by atoms with Crippen LogP contribution < -0.4 is 34.7 Å². The minimum absolute atomic E-state index is 0. The van der Waals surface area contributed by atoms with Crippen molar-refractivity contribution in [3.8, 4) is 0 Å². The third-order valence-electron chi connectivity index (χ3n) is 3.77. The van der Waals surface area contributed by atoms with Crippen LogP contribution in [0.3, 0.4) is 0 Å². The summed E-state index contributed by atoms with van der Waals surface area (Å²) >= 11 is 5.13. The van der Waals surface area contributed by atoms with Crippen molar-refractivity contribution in [2.75, 3.05) is 5.75 Å². The molecule has 2 aromatic carbocycles. The number of fused-ring (bicyclic) bond motifs is 1. The Labute approximate surface area is 193 Å². The molecule has 1 heterocycles. The van der Waals surface area contributed by atoms with Crippen molar-refractivity contribution in [1.82, 2.24) is 4.98 Å². The summed E-state index contributed by atoms with van der Waals surface area (Å²) in [5.41, 5.74) is 2.95. The van der Waals surface area contributed by atoms with Crippen LogP contribution in [0.1, 0.15) is 24.1 Å². The summed E-state index contributed by atoms with van der Waals surface area (Å²) in [4.78, 5) is 16.2. The monoisotopic (exact) mass is 449 g/mol. The second-order valence-corrected chi connectivity index (χ2v) is 7.89. The van der Waals surface area contributed by atoms with Crippen LogP contribution >= 0.6 is 27.7 Å². The van der Waals surface area contributed by atoms with Crippen LogP contribution in [0.25, 0.3) is 23.1 Å². The molecule has 1 aromatic heterocycles. The van der Waals surface area contributed by atoms with E-state index in [9.17, 15) is 9.90 Å². The molecule has 0 aliphatic rings. The van der Waals surface area contributed by atoms with Gasteiger partial charge in [0.15, 0.2) is 0 Å². The van der Waals surface area contributed by atoms with Gasteiger partial charge in [0, 0.05) is 20.7 Å². The molecule has 0 fully saturated rings. The molecule has 0 saturated heterocycles. The first kappa shape index (κ1) is 22.2. The van der Waals surface area contributed by atoms with E-state index in [-0.39, 0.29) is 36.0 Å². The number of benzene rings is 2. The van der Waals surface area contributed by atoms with Crippen molar-refractivity contribution >= 4 is 56.7 Å². The molecule has 0 radical (unpaired) electrons. The van der Waals surface area contributed by atoms with Crippen LogP contribution in [-0.4, -0.2) is 16.7 Å². The van der Waals surface area contributed by atoms with Gasteiger partial charge in [-0.15, -0.1) is 11.8 Å². The fourth-order valence-electron chi connectivity index (χ4n) is 2.50. The van der Waals surface area contributed by atoms with Gasteiger partial charge in [0.05, 0.1) is 11.2 Å². The van der Waals surface area contributed by atoms with Crippen LogP contribution in [-0.2, 0) is 4.79 Å². The van der Waals surface area contributed by atoms with E-state index in [4.69, 9.17) is 0 Å². The predicted octanol–water partition coefficient (Wildman–Crippen LogP) is 1.79. The zero-order valence-corrected chi connectivity index (χ0v) is 19.4. The average molecular weight is 450 g/mol. The van der Waals surface area contributed by atoms with Crippen LogP contribution in [0.4, 0.5) is 0 Å². The van der Waals surface area contributed by atoms with Gasteiger partial charge in [0.1, 0.15) is 0 Å². The third-order valence-corrected chi connectivity index (χ3v) is 5.35. The van der Waals surface area contributed by atoms with E-state index in [0.717, 1.165) is 37.3 Å². The minimum atomic E-state index is -0.989. The summed E-state index contributed by atoms with van der Waals surface area (Å²) in [5.74, 6) is -0.223. The van der Waals surface area contributed by atoms with Crippen LogP contribution in [0.5, 0.6) is 0 Å². The van der Waals surface area contributed by atoms with E-state index in [0.29, 0.717) is 6.42 Å². The van der Waals surface area contributed by atoms with Gasteiger partial charge in [-0.3, -0.25) is 0 Å². The molecule has 3 rings (SSSR count). The Balaban J connectivity index is 0.00000261. The Morgan fingerprint density at radius 2 is 1.93 bits per heavy atom. The standard InChI is InChI=1S/C21H18BrNO2S.Na/c22-17-9-7-16-8-11-18(23-20(16)14-17)10-6-15-3-1-4-19(13-15)26-12-2-5-21(24)25;/h1,3-4,6-11,13-14H,2,5,12H2,(H,24,25);/q;+1/p-1. The summed E-state index contributed by atoms with van der Waals surface area (Å²) in [6, 6.07) is 18.3. The second kappa shape index (κ2) is 11.0. The molecule has 0 bridgehead atoms. The number of pyridine rings is 1. The zero-order chi connectivity index (χ0) is 18.4.